The summed E-state index contributed by atoms with van der Waals surface area (Å²) in [7, 11) is 0. The zero-order valence-corrected chi connectivity index (χ0v) is 19.3. The molecule has 0 spiro atoms. The third-order valence-corrected chi connectivity index (χ3v) is 5.91. The van der Waals surface area contributed by atoms with Gasteiger partial charge in [-0.2, -0.15) is 9.78 Å². The van der Waals surface area contributed by atoms with Crippen molar-refractivity contribution >= 4 is 57.4 Å². The molecule has 3 aromatic carbocycles. The molecule has 3 N–H and O–H groups in total. The van der Waals surface area contributed by atoms with E-state index in [2.05, 4.69) is 10.4 Å². The zero-order valence-electron chi connectivity index (χ0n) is 18.6. The number of rotatable bonds is 4. The van der Waals surface area contributed by atoms with Gasteiger partial charge in [-0.25, -0.2) is 9.97 Å². The summed E-state index contributed by atoms with van der Waals surface area (Å²) in [6, 6.07) is 20.4. The van der Waals surface area contributed by atoms with Gasteiger partial charge < -0.3 is 11.1 Å². The van der Waals surface area contributed by atoms with Gasteiger partial charge in [-0.1, -0.05) is 41.9 Å². The topological polar surface area (TPSA) is 98.2 Å². The number of carbonyl (C=O) groups excluding carboxylic acids is 1. The quantitative estimate of drug-likeness (QED) is 0.337. The molecule has 0 aliphatic carbocycles. The summed E-state index contributed by atoms with van der Waals surface area (Å²) in [6.07, 6.45) is 1.63. The minimum Gasteiger partial charge on any atom is -0.383 e. The van der Waals surface area contributed by atoms with Gasteiger partial charge in [0, 0.05) is 10.7 Å². The average molecular weight is 469 g/mol. The highest BCUT2D eigenvalue weighted by atomic mass is 35.5. The predicted octanol–water partition coefficient (Wildman–Crippen LogP) is 5.57. The fourth-order valence-corrected chi connectivity index (χ4v) is 3.80. The van der Waals surface area contributed by atoms with Crippen LogP contribution in [0.15, 0.2) is 71.8 Å². The largest absolute Gasteiger partial charge is 0.383 e. The van der Waals surface area contributed by atoms with Crippen LogP contribution in [0, 0.1) is 13.8 Å². The Hall–Kier alpha value is -4.23. The van der Waals surface area contributed by atoms with E-state index in [0.717, 1.165) is 16.7 Å². The van der Waals surface area contributed by atoms with E-state index in [-0.39, 0.29) is 17.3 Å². The van der Waals surface area contributed by atoms with Gasteiger partial charge in [0.05, 0.1) is 17.2 Å². The van der Waals surface area contributed by atoms with Crippen molar-refractivity contribution in [3.8, 4) is 0 Å². The van der Waals surface area contributed by atoms with E-state index in [1.165, 1.54) is 4.68 Å². The molecule has 0 radical (unpaired) electrons. The van der Waals surface area contributed by atoms with Gasteiger partial charge in [-0.15, -0.1) is 0 Å². The summed E-state index contributed by atoms with van der Waals surface area (Å²) in [5.74, 6) is -0.229. The highest BCUT2D eigenvalue weighted by molar-refractivity contribution is 6.30. The Kier molecular flexibility index (Phi) is 5.47. The van der Waals surface area contributed by atoms with Crippen LogP contribution in [0.25, 0.3) is 22.2 Å². The molecule has 0 aliphatic rings. The van der Waals surface area contributed by atoms with Crippen LogP contribution < -0.4 is 11.1 Å². The molecule has 7 nitrogen and oxygen atoms in total. The fourth-order valence-electron chi connectivity index (χ4n) is 3.67. The lowest BCUT2D eigenvalue weighted by Gasteiger charge is -2.08. The first-order chi connectivity index (χ1) is 16.4. The molecular formula is C26H21ClN6O. The molecular weight excluding hydrogens is 448 g/mol. The number of hydrogen-bond donors (Lipinski definition) is 2. The number of anilines is 2. The van der Waals surface area contributed by atoms with Crippen molar-refractivity contribution in [1.29, 1.82) is 0 Å². The third kappa shape index (κ3) is 3.97. The molecule has 2 heterocycles. The van der Waals surface area contributed by atoms with Crippen molar-refractivity contribution in [1.82, 2.24) is 14.6 Å². The van der Waals surface area contributed by atoms with E-state index < -0.39 is 0 Å². The lowest BCUT2D eigenvalue weighted by molar-refractivity contribution is 0.102. The third-order valence-electron chi connectivity index (χ3n) is 5.66. The molecule has 0 bridgehead atoms. The van der Waals surface area contributed by atoms with Crippen LogP contribution in [0.5, 0.6) is 0 Å². The first-order valence-electron chi connectivity index (χ1n) is 10.7. The van der Waals surface area contributed by atoms with Crippen molar-refractivity contribution in [3.63, 3.8) is 0 Å². The van der Waals surface area contributed by atoms with Crippen LogP contribution >= 0.6 is 11.6 Å². The highest BCUT2D eigenvalue weighted by Gasteiger charge is 2.24. The molecule has 2 aromatic heterocycles. The number of carbonyl (C=O) groups is 1. The van der Waals surface area contributed by atoms with Gasteiger partial charge in [-0.05, 0) is 66.9 Å². The Balaban J connectivity index is 1.64. The molecule has 0 fully saturated rings. The van der Waals surface area contributed by atoms with E-state index in [4.69, 9.17) is 27.3 Å². The predicted molar refractivity (Wildman–Crippen MR) is 138 cm³/mol. The lowest BCUT2D eigenvalue weighted by Crippen LogP contribution is -2.14. The van der Waals surface area contributed by atoms with E-state index in [0.29, 0.717) is 32.9 Å². The molecule has 34 heavy (non-hydrogen) atoms. The van der Waals surface area contributed by atoms with Crippen molar-refractivity contribution in [2.75, 3.05) is 11.1 Å². The molecule has 1 amide bonds. The van der Waals surface area contributed by atoms with Crippen molar-refractivity contribution in [2.24, 2.45) is 5.10 Å². The monoisotopic (exact) mass is 468 g/mol. The SMILES string of the molecule is Cc1ccc(NC(=O)c2c(N)n(/N=C/c3ccc(Cl)cc3)c3nc4ccccc4nc23)cc1C. The number of aryl methyl sites for hydroxylation is 2. The Morgan fingerprint density at radius 1 is 1.00 bits per heavy atom. The number of benzene rings is 3. The van der Waals surface area contributed by atoms with Crippen LogP contribution in [0.4, 0.5) is 11.5 Å². The van der Waals surface area contributed by atoms with Gasteiger partial charge in [0.15, 0.2) is 5.65 Å². The maximum absolute atomic E-state index is 13.4. The number of halogens is 1. The minimum absolute atomic E-state index is 0.150. The summed E-state index contributed by atoms with van der Waals surface area (Å²) in [6.45, 7) is 4.01. The van der Waals surface area contributed by atoms with Crippen molar-refractivity contribution < 1.29 is 4.79 Å². The molecule has 0 saturated heterocycles. The molecule has 168 valence electrons. The number of nitrogens with one attached hydrogen (secondary N) is 1. The molecule has 5 aromatic rings. The second kappa shape index (κ2) is 8.61. The number of nitrogen functional groups attached to an aromatic ring is 1. The average Bonchev–Trinajstić information content (AvgIpc) is 3.09. The number of nitrogens with two attached hydrogens (primary N) is 1. The number of para-hydroxylation sites is 2. The number of nitrogens with zero attached hydrogens (tertiary/aromatic N) is 4. The van der Waals surface area contributed by atoms with Crippen molar-refractivity contribution in [2.45, 2.75) is 13.8 Å². The lowest BCUT2D eigenvalue weighted by atomic mass is 10.1. The number of hydrogen-bond acceptors (Lipinski definition) is 5. The second-order valence-electron chi connectivity index (χ2n) is 8.01. The van der Waals surface area contributed by atoms with Crippen LogP contribution in [0.1, 0.15) is 27.0 Å². The first kappa shape index (κ1) is 21.6. The number of amides is 1. The first-order valence-corrected chi connectivity index (χ1v) is 11.0. The summed E-state index contributed by atoms with van der Waals surface area (Å²) in [5.41, 5.74) is 12.5. The van der Waals surface area contributed by atoms with E-state index in [1.54, 1.807) is 18.3 Å². The number of fused-ring (bicyclic) bond motifs is 2. The van der Waals surface area contributed by atoms with Gasteiger partial charge in [0.1, 0.15) is 16.9 Å². The van der Waals surface area contributed by atoms with Gasteiger partial charge >= 0.3 is 0 Å². The van der Waals surface area contributed by atoms with E-state index in [1.807, 2.05) is 68.4 Å². The van der Waals surface area contributed by atoms with Crippen molar-refractivity contribution in [3.05, 3.63) is 94.0 Å². The van der Waals surface area contributed by atoms with Crippen LogP contribution in [-0.2, 0) is 0 Å². The minimum atomic E-state index is -0.379. The second-order valence-corrected chi connectivity index (χ2v) is 8.44. The summed E-state index contributed by atoms with van der Waals surface area (Å²) >= 11 is 5.98. The molecule has 0 saturated carbocycles. The summed E-state index contributed by atoms with van der Waals surface area (Å²) < 4.78 is 1.44. The zero-order chi connectivity index (χ0) is 23.8. The van der Waals surface area contributed by atoms with Gasteiger partial charge in [0.25, 0.3) is 5.91 Å². The van der Waals surface area contributed by atoms with Crippen LogP contribution in [-0.4, -0.2) is 26.8 Å². The van der Waals surface area contributed by atoms with Crippen LogP contribution in [0.2, 0.25) is 5.02 Å². The summed E-state index contributed by atoms with van der Waals surface area (Å²) in [4.78, 5) is 22.8. The van der Waals surface area contributed by atoms with Crippen LogP contribution in [0.3, 0.4) is 0 Å². The molecule has 0 unspecified atom stereocenters. The Bertz CT molecular complexity index is 1590. The molecule has 0 atom stereocenters. The van der Waals surface area contributed by atoms with Gasteiger partial charge in [-0.3, -0.25) is 4.79 Å². The standard InChI is InChI=1S/C26H21ClN6O/c1-15-7-12-19(13-16(15)2)30-26(34)22-23-25(32-21-6-4-3-5-20(21)31-23)33(24(22)28)29-14-17-8-10-18(27)11-9-17/h3-14H,28H2,1-2H3,(H,30,34)/b29-14+. The smallest absolute Gasteiger partial charge is 0.261 e. The highest BCUT2D eigenvalue weighted by Crippen LogP contribution is 2.29. The number of aromatic nitrogens is 3. The normalized spacial score (nSPS) is 11.5. The Labute approximate surface area is 200 Å². The van der Waals surface area contributed by atoms with E-state index >= 15 is 0 Å². The summed E-state index contributed by atoms with van der Waals surface area (Å²) in [5, 5.41) is 8.08. The maximum Gasteiger partial charge on any atom is 0.261 e. The molecule has 0 aliphatic heterocycles. The fraction of sp³-hybridized carbons (Fsp3) is 0.0769. The maximum atomic E-state index is 13.4. The van der Waals surface area contributed by atoms with Gasteiger partial charge in [0.2, 0.25) is 0 Å². The van der Waals surface area contributed by atoms with E-state index in [9.17, 15) is 4.79 Å². The Morgan fingerprint density at radius 3 is 2.41 bits per heavy atom. The molecule has 5 rings (SSSR count). The molecule has 8 heteroatoms. The Morgan fingerprint density at radius 2 is 1.71 bits per heavy atom.